The normalized spacial score (nSPS) is 15.4. The van der Waals surface area contributed by atoms with Gasteiger partial charge in [-0.2, -0.15) is 0 Å². The molecule has 1 fully saturated rings. The molecule has 23 heavy (non-hydrogen) atoms. The molecule has 6 heteroatoms. The first kappa shape index (κ1) is 19.3. The summed E-state index contributed by atoms with van der Waals surface area (Å²) in [4.78, 5) is 26.0. The Morgan fingerprint density at radius 3 is 2.48 bits per heavy atom. The monoisotopic (exact) mass is 339 g/mol. The maximum Gasteiger partial charge on any atom is 0.243 e. The maximum absolute atomic E-state index is 12.4. The van der Waals surface area contributed by atoms with Gasteiger partial charge in [-0.05, 0) is 36.5 Å². The van der Waals surface area contributed by atoms with E-state index in [4.69, 9.17) is 5.73 Å². The Labute approximate surface area is 144 Å². The summed E-state index contributed by atoms with van der Waals surface area (Å²) in [6.07, 6.45) is 2.16. The lowest BCUT2D eigenvalue weighted by atomic mass is 10.0. The Bertz CT molecular complexity index is 531. The molecule has 0 spiro atoms. The molecule has 2 amide bonds. The van der Waals surface area contributed by atoms with Crippen LogP contribution in [0.3, 0.4) is 0 Å². The van der Waals surface area contributed by atoms with E-state index in [-0.39, 0.29) is 36.2 Å². The number of nitrogens with two attached hydrogens (primary N) is 1. The van der Waals surface area contributed by atoms with Crippen LogP contribution in [0.1, 0.15) is 32.3 Å². The Morgan fingerprint density at radius 1 is 1.30 bits per heavy atom. The number of hydrogen-bond acceptors (Lipinski definition) is 3. The van der Waals surface area contributed by atoms with Crippen LogP contribution in [-0.2, 0) is 16.0 Å². The lowest BCUT2D eigenvalue weighted by Crippen LogP contribution is -2.50. The fourth-order valence-electron chi connectivity index (χ4n) is 2.89. The number of nitrogens with one attached hydrogen (secondary N) is 1. The van der Waals surface area contributed by atoms with Gasteiger partial charge in [0, 0.05) is 25.2 Å². The highest BCUT2D eigenvalue weighted by Crippen LogP contribution is 2.19. The molecule has 0 radical (unpaired) electrons. The summed E-state index contributed by atoms with van der Waals surface area (Å²) in [5.41, 5.74) is 7.52. The number of carbonyl (C=O) groups excluding carboxylic acids is 2. The molecule has 1 aliphatic rings. The molecule has 1 aromatic carbocycles. The number of rotatable bonds is 6. The van der Waals surface area contributed by atoms with Crippen LogP contribution in [0.2, 0.25) is 0 Å². The topological polar surface area (TPSA) is 75.4 Å². The average Bonchev–Trinajstić information content (AvgIpc) is 2.87. The fourth-order valence-corrected chi connectivity index (χ4v) is 2.89. The highest BCUT2D eigenvalue weighted by Gasteiger charge is 2.34. The SMILES string of the molecule is CC(C)C(C(=O)NCCc1ccc(N)cc1)N1CCCC1=O.Cl. The van der Waals surface area contributed by atoms with Gasteiger partial charge in [-0.15, -0.1) is 12.4 Å². The van der Waals surface area contributed by atoms with E-state index in [0.717, 1.165) is 24.1 Å². The Morgan fingerprint density at radius 2 is 1.96 bits per heavy atom. The predicted octanol–water partition coefficient (Wildman–Crippen LogP) is 2.00. The van der Waals surface area contributed by atoms with Gasteiger partial charge in [0.2, 0.25) is 11.8 Å². The molecular weight excluding hydrogens is 314 g/mol. The molecule has 1 aromatic rings. The first-order valence-electron chi connectivity index (χ1n) is 7.90. The quantitative estimate of drug-likeness (QED) is 0.778. The zero-order valence-corrected chi connectivity index (χ0v) is 14.6. The first-order chi connectivity index (χ1) is 10.5. The molecule has 0 aromatic heterocycles. The van der Waals surface area contributed by atoms with Crippen molar-refractivity contribution in [2.45, 2.75) is 39.2 Å². The van der Waals surface area contributed by atoms with Crippen molar-refractivity contribution in [3.8, 4) is 0 Å². The third kappa shape index (κ3) is 5.13. The molecular formula is C17H26ClN3O2. The summed E-state index contributed by atoms with van der Waals surface area (Å²) >= 11 is 0. The minimum Gasteiger partial charge on any atom is -0.399 e. The molecule has 2 rings (SSSR count). The number of amides is 2. The van der Waals surface area contributed by atoms with Crippen molar-refractivity contribution in [1.82, 2.24) is 10.2 Å². The standard InChI is InChI=1S/C17H25N3O2.ClH/c1-12(2)16(20-11-3-4-15(20)21)17(22)19-10-9-13-5-7-14(18)8-6-13;/h5-8,12,16H,3-4,9-11,18H2,1-2H3,(H,19,22);1H. The molecule has 3 N–H and O–H groups in total. The van der Waals surface area contributed by atoms with E-state index in [0.29, 0.717) is 19.5 Å². The van der Waals surface area contributed by atoms with Crippen molar-refractivity contribution in [3.63, 3.8) is 0 Å². The van der Waals surface area contributed by atoms with Gasteiger partial charge in [0.1, 0.15) is 6.04 Å². The number of hydrogen-bond donors (Lipinski definition) is 2. The summed E-state index contributed by atoms with van der Waals surface area (Å²) < 4.78 is 0. The number of nitrogens with zero attached hydrogens (tertiary/aromatic N) is 1. The summed E-state index contributed by atoms with van der Waals surface area (Å²) in [5.74, 6) is 0.145. The molecule has 1 atom stereocenters. The van der Waals surface area contributed by atoms with Crippen LogP contribution in [0.25, 0.3) is 0 Å². The molecule has 128 valence electrons. The lowest BCUT2D eigenvalue weighted by Gasteiger charge is -2.29. The van der Waals surface area contributed by atoms with Gasteiger partial charge in [-0.1, -0.05) is 26.0 Å². The van der Waals surface area contributed by atoms with Crippen LogP contribution >= 0.6 is 12.4 Å². The molecule has 5 nitrogen and oxygen atoms in total. The molecule has 0 saturated carbocycles. The smallest absolute Gasteiger partial charge is 0.243 e. The summed E-state index contributed by atoms with van der Waals surface area (Å²) in [6, 6.07) is 7.28. The summed E-state index contributed by atoms with van der Waals surface area (Å²) in [5, 5.41) is 2.96. The van der Waals surface area contributed by atoms with E-state index in [1.807, 2.05) is 38.1 Å². The molecule has 1 heterocycles. The zero-order chi connectivity index (χ0) is 16.1. The minimum atomic E-state index is -0.360. The molecule has 1 unspecified atom stereocenters. The summed E-state index contributed by atoms with van der Waals surface area (Å²) in [7, 11) is 0. The van der Waals surface area contributed by atoms with E-state index in [1.54, 1.807) is 4.90 Å². The zero-order valence-electron chi connectivity index (χ0n) is 13.7. The largest absolute Gasteiger partial charge is 0.399 e. The average molecular weight is 340 g/mol. The second-order valence-electron chi connectivity index (χ2n) is 6.16. The van der Waals surface area contributed by atoms with Crippen LogP contribution in [-0.4, -0.2) is 35.8 Å². The minimum absolute atomic E-state index is 0. The third-order valence-corrected chi connectivity index (χ3v) is 4.04. The van der Waals surface area contributed by atoms with Crippen molar-refractivity contribution < 1.29 is 9.59 Å². The highest BCUT2D eigenvalue weighted by atomic mass is 35.5. The van der Waals surface area contributed by atoms with Gasteiger partial charge in [-0.25, -0.2) is 0 Å². The third-order valence-electron chi connectivity index (χ3n) is 4.04. The van der Waals surface area contributed by atoms with Crippen molar-refractivity contribution in [2.24, 2.45) is 5.92 Å². The number of anilines is 1. The van der Waals surface area contributed by atoms with Gasteiger partial charge in [-0.3, -0.25) is 9.59 Å². The van der Waals surface area contributed by atoms with Crippen LogP contribution in [0.4, 0.5) is 5.69 Å². The molecule has 1 saturated heterocycles. The number of halogens is 1. The second kappa shape index (κ2) is 8.77. The number of likely N-dealkylation sites (tertiary alicyclic amines) is 1. The predicted molar refractivity (Wildman–Crippen MR) is 94.4 cm³/mol. The van der Waals surface area contributed by atoms with Crippen LogP contribution in [0.15, 0.2) is 24.3 Å². The first-order valence-corrected chi connectivity index (χ1v) is 7.90. The van der Waals surface area contributed by atoms with E-state index in [2.05, 4.69) is 5.32 Å². The summed E-state index contributed by atoms with van der Waals surface area (Å²) in [6.45, 7) is 5.21. The van der Waals surface area contributed by atoms with E-state index < -0.39 is 0 Å². The van der Waals surface area contributed by atoms with Crippen LogP contribution in [0, 0.1) is 5.92 Å². The Balaban J connectivity index is 0.00000264. The Kier molecular flexibility index (Phi) is 7.36. The molecule has 0 aliphatic carbocycles. The van der Waals surface area contributed by atoms with Gasteiger partial charge >= 0.3 is 0 Å². The van der Waals surface area contributed by atoms with Gasteiger partial charge in [0.05, 0.1) is 0 Å². The van der Waals surface area contributed by atoms with E-state index in [9.17, 15) is 9.59 Å². The van der Waals surface area contributed by atoms with Crippen molar-refractivity contribution in [2.75, 3.05) is 18.8 Å². The molecule has 1 aliphatic heterocycles. The van der Waals surface area contributed by atoms with Gasteiger partial charge in [0.15, 0.2) is 0 Å². The maximum atomic E-state index is 12.4. The highest BCUT2D eigenvalue weighted by molar-refractivity contribution is 5.88. The number of carbonyl (C=O) groups is 2. The number of nitrogen functional groups attached to an aromatic ring is 1. The van der Waals surface area contributed by atoms with E-state index in [1.165, 1.54) is 0 Å². The lowest BCUT2D eigenvalue weighted by molar-refractivity contribution is -0.139. The van der Waals surface area contributed by atoms with E-state index >= 15 is 0 Å². The number of benzene rings is 1. The van der Waals surface area contributed by atoms with Crippen molar-refractivity contribution in [3.05, 3.63) is 29.8 Å². The fraction of sp³-hybridized carbons (Fsp3) is 0.529. The van der Waals surface area contributed by atoms with Gasteiger partial charge in [0.25, 0.3) is 0 Å². The van der Waals surface area contributed by atoms with Gasteiger partial charge < -0.3 is 16.0 Å². The second-order valence-corrected chi connectivity index (χ2v) is 6.16. The van der Waals surface area contributed by atoms with Crippen molar-refractivity contribution in [1.29, 1.82) is 0 Å². The Hall–Kier alpha value is -1.75. The van der Waals surface area contributed by atoms with Crippen LogP contribution < -0.4 is 11.1 Å². The van der Waals surface area contributed by atoms with Crippen LogP contribution in [0.5, 0.6) is 0 Å². The molecule has 0 bridgehead atoms. The van der Waals surface area contributed by atoms with Crippen molar-refractivity contribution >= 4 is 29.9 Å².